The van der Waals surface area contributed by atoms with Gasteiger partial charge < -0.3 is 4.74 Å². The van der Waals surface area contributed by atoms with Gasteiger partial charge in [0.2, 0.25) is 0 Å². The van der Waals surface area contributed by atoms with Crippen molar-refractivity contribution in [1.29, 1.82) is 0 Å². The van der Waals surface area contributed by atoms with Crippen LogP contribution in [0, 0.1) is 0 Å². The van der Waals surface area contributed by atoms with Gasteiger partial charge in [-0.2, -0.15) is 0 Å². The van der Waals surface area contributed by atoms with Gasteiger partial charge in [-0.1, -0.05) is 0 Å². The molecule has 1 aliphatic heterocycles. The van der Waals surface area contributed by atoms with Crippen molar-refractivity contribution in [2.24, 2.45) is 0 Å². The molecule has 1 heterocycles. The Morgan fingerprint density at radius 1 is 1.22 bits per heavy atom. The summed E-state index contributed by atoms with van der Waals surface area (Å²) in [6, 6.07) is 0. The van der Waals surface area contributed by atoms with Crippen molar-refractivity contribution in [2.45, 2.75) is 44.3 Å². The van der Waals surface area contributed by atoms with E-state index in [1.807, 2.05) is 0 Å². The van der Waals surface area contributed by atoms with Gasteiger partial charge in [0.25, 0.3) is 0 Å². The van der Waals surface area contributed by atoms with Gasteiger partial charge in [0, 0.05) is 5.38 Å². The van der Waals surface area contributed by atoms with E-state index in [-0.39, 0.29) is 0 Å². The van der Waals surface area contributed by atoms with Crippen LogP contribution in [0.25, 0.3) is 0 Å². The molecule has 1 saturated heterocycles. The fourth-order valence-corrected chi connectivity index (χ4v) is 1.83. The Balaban J connectivity index is 2.34. The molecule has 1 aliphatic rings. The molecule has 9 heavy (non-hydrogen) atoms. The van der Waals surface area contributed by atoms with Crippen molar-refractivity contribution < 1.29 is 4.74 Å². The van der Waals surface area contributed by atoms with Crippen LogP contribution in [0.4, 0.5) is 0 Å². The van der Waals surface area contributed by atoms with Gasteiger partial charge in [0.15, 0.2) is 0 Å². The van der Waals surface area contributed by atoms with Crippen LogP contribution in [-0.4, -0.2) is 17.6 Å². The van der Waals surface area contributed by atoms with E-state index in [1.165, 1.54) is 0 Å². The van der Waals surface area contributed by atoms with E-state index < -0.39 is 0 Å². The Morgan fingerprint density at radius 3 is 2.00 bits per heavy atom. The standard InChI is InChI=1S/C7H13ClO/c1-5-3-7(8)4-6(2)9-5/h5-7H,3-4H2,1-2H3/t5-,6+,7?. The van der Waals surface area contributed by atoms with Crippen LogP contribution in [0.15, 0.2) is 0 Å². The molecule has 0 aliphatic carbocycles. The maximum Gasteiger partial charge on any atom is 0.0564 e. The topological polar surface area (TPSA) is 9.23 Å². The van der Waals surface area contributed by atoms with Crippen molar-refractivity contribution in [2.75, 3.05) is 0 Å². The number of ether oxygens (including phenoxy) is 1. The molecule has 1 unspecified atom stereocenters. The number of hydrogen-bond acceptors (Lipinski definition) is 1. The number of alkyl halides is 1. The maximum atomic E-state index is 5.93. The summed E-state index contributed by atoms with van der Waals surface area (Å²) >= 11 is 5.93. The molecular formula is C7H13ClO. The summed E-state index contributed by atoms with van der Waals surface area (Å²) in [6.07, 6.45) is 2.73. The summed E-state index contributed by atoms with van der Waals surface area (Å²) < 4.78 is 5.47. The van der Waals surface area contributed by atoms with Crippen LogP contribution in [0.2, 0.25) is 0 Å². The number of hydrogen-bond donors (Lipinski definition) is 0. The third-order valence-corrected chi connectivity index (χ3v) is 2.00. The fourth-order valence-electron chi connectivity index (χ4n) is 1.32. The van der Waals surface area contributed by atoms with E-state index in [9.17, 15) is 0 Å². The predicted molar refractivity (Wildman–Crippen MR) is 38.9 cm³/mol. The highest BCUT2D eigenvalue weighted by Crippen LogP contribution is 2.22. The quantitative estimate of drug-likeness (QED) is 0.479. The van der Waals surface area contributed by atoms with Gasteiger partial charge in [0.05, 0.1) is 12.2 Å². The molecule has 0 bridgehead atoms. The zero-order valence-corrected chi connectivity index (χ0v) is 6.69. The summed E-state index contributed by atoms with van der Waals surface area (Å²) in [5.41, 5.74) is 0. The first kappa shape index (κ1) is 7.36. The number of rotatable bonds is 0. The second-order valence-corrected chi connectivity index (χ2v) is 3.44. The Labute approximate surface area is 61.3 Å². The van der Waals surface area contributed by atoms with Gasteiger partial charge >= 0.3 is 0 Å². The molecule has 54 valence electrons. The van der Waals surface area contributed by atoms with Gasteiger partial charge in [-0.3, -0.25) is 0 Å². The van der Waals surface area contributed by atoms with Crippen LogP contribution < -0.4 is 0 Å². The first-order chi connectivity index (χ1) is 4.18. The van der Waals surface area contributed by atoms with Crippen molar-refractivity contribution in [3.63, 3.8) is 0 Å². The lowest BCUT2D eigenvalue weighted by atomic mass is 10.1. The van der Waals surface area contributed by atoms with E-state index in [1.54, 1.807) is 0 Å². The molecule has 0 saturated carbocycles. The van der Waals surface area contributed by atoms with Crippen LogP contribution in [-0.2, 0) is 4.74 Å². The monoisotopic (exact) mass is 148 g/mol. The highest BCUT2D eigenvalue weighted by atomic mass is 35.5. The Kier molecular flexibility index (Phi) is 2.36. The molecule has 0 spiro atoms. The van der Waals surface area contributed by atoms with E-state index in [4.69, 9.17) is 16.3 Å². The Bertz CT molecular complexity index is 69.9. The number of halogens is 1. The second-order valence-electron chi connectivity index (χ2n) is 2.83. The zero-order chi connectivity index (χ0) is 6.85. The van der Waals surface area contributed by atoms with Gasteiger partial charge in [-0.15, -0.1) is 11.6 Å². The third-order valence-electron chi connectivity index (χ3n) is 1.64. The smallest absolute Gasteiger partial charge is 0.0564 e. The van der Waals surface area contributed by atoms with Crippen LogP contribution in [0.5, 0.6) is 0 Å². The van der Waals surface area contributed by atoms with Gasteiger partial charge in [0.1, 0.15) is 0 Å². The van der Waals surface area contributed by atoms with Crippen molar-refractivity contribution in [3.8, 4) is 0 Å². The SMILES string of the molecule is C[C@@H]1CC(Cl)C[C@H](C)O1. The van der Waals surface area contributed by atoms with Crippen LogP contribution >= 0.6 is 11.6 Å². The lowest BCUT2D eigenvalue weighted by Gasteiger charge is -2.28. The second kappa shape index (κ2) is 2.89. The average Bonchev–Trinajstić information content (AvgIpc) is 1.59. The first-order valence-corrected chi connectivity index (χ1v) is 3.91. The van der Waals surface area contributed by atoms with Crippen molar-refractivity contribution in [3.05, 3.63) is 0 Å². The molecule has 3 atom stereocenters. The molecule has 0 amide bonds. The Hall–Kier alpha value is 0.250. The van der Waals surface area contributed by atoms with Crippen LogP contribution in [0.1, 0.15) is 26.7 Å². The van der Waals surface area contributed by atoms with E-state index in [2.05, 4.69) is 13.8 Å². The van der Waals surface area contributed by atoms with Crippen molar-refractivity contribution >= 4 is 11.6 Å². The van der Waals surface area contributed by atoms with Gasteiger partial charge in [-0.25, -0.2) is 0 Å². The fraction of sp³-hybridized carbons (Fsp3) is 1.00. The summed E-state index contributed by atoms with van der Waals surface area (Å²) in [5.74, 6) is 0. The average molecular weight is 149 g/mol. The third kappa shape index (κ3) is 2.15. The highest BCUT2D eigenvalue weighted by Gasteiger charge is 2.21. The molecular weight excluding hydrogens is 136 g/mol. The molecule has 0 aromatic rings. The molecule has 0 aromatic heterocycles. The van der Waals surface area contributed by atoms with Crippen LogP contribution in [0.3, 0.4) is 0 Å². The Morgan fingerprint density at radius 2 is 1.67 bits per heavy atom. The lowest BCUT2D eigenvalue weighted by Crippen LogP contribution is -2.29. The molecule has 0 N–H and O–H groups in total. The highest BCUT2D eigenvalue weighted by molar-refractivity contribution is 6.20. The molecule has 0 radical (unpaired) electrons. The maximum absolute atomic E-state index is 5.93. The minimum Gasteiger partial charge on any atom is -0.375 e. The first-order valence-electron chi connectivity index (χ1n) is 3.48. The summed E-state index contributed by atoms with van der Waals surface area (Å²) in [4.78, 5) is 0. The predicted octanol–water partition coefficient (Wildman–Crippen LogP) is 2.18. The largest absolute Gasteiger partial charge is 0.375 e. The molecule has 1 rings (SSSR count). The summed E-state index contributed by atoms with van der Waals surface area (Å²) in [5, 5.41) is 0.337. The summed E-state index contributed by atoms with van der Waals surface area (Å²) in [6.45, 7) is 4.15. The zero-order valence-electron chi connectivity index (χ0n) is 5.93. The van der Waals surface area contributed by atoms with E-state index in [0.29, 0.717) is 17.6 Å². The molecule has 2 heteroatoms. The van der Waals surface area contributed by atoms with E-state index in [0.717, 1.165) is 12.8 Å². The lowest BCUT2D eigenvalue weighted by molar-refractivity contribution is -0.0274. The molecule has 1 nitrogen and oxygen atoms in total. The van der Waals surface area contributed by atoms with E-state index >= 15 is 0 Å². The van der Waals surface area contributed by atoms with Crippen molar-refractivity contribution in [1.82, 2.24) is 0 Å². The molecule has 0 aromatic carbocycles. The normalized spacial score (nSPS) is 45.0. The minimum absolute atomic E-state index is 0.337. The minimum atomic E-state index is 0.337. The molecule has 1 fully saturated rings. The summed E-state index contributed by atoms with van der Waals surface area (Å²) in [7, 11) is 0. The van der Waals surface area contributed by atoms with Gasteiger partial charge in [-0.05, 0) is 26.7 Å².